The molecular formula is C19H20BrNO3. The lowest BCUT2D eigenvalue weighted by Gasteiger charge is -2.10. The summed E-state index contributed by atoms with van der Waals surface area (Å²) < 4.78 is 11.3. The first-order valence-electron chi connectivity index (χ1n) is 7.57. The summed E-state index contributed by atoms with van der Waals surface area (Å²) in [5.74, 6) is 1.03. The molecule has 0 radical (unpaired) electrons. The van der Waals surface area contributed by atoms with Gasteiger partial charge in [0, 0.05) is 11.8 Å². The first-order valence-corrected chi connectivity index (χ1v) is 8.36. The second-order valence-corrected chi connectivity index (χ2v) is 5.97. The van der Waals surface area contributed by atoms with E-state index in [9.17, 15) is 4.79 Å². The van der Waals surface area contributed by atoms with Gasteiger partial charge in [-0.3, -0.25) is 4.79 Å². The van der Waals surface area contributed by atoms with E-state index < -0.39 is 0 Å². The third-order valence-electron chi connectivity index (χ3n) is 3.51. The predicted molar refractivity (Wildman–Crippen MR) is 101 cm³/mol. The Morgan fingerprint density at radius 2 is 1.88 bits per heavy atom. The molecule has 0 spiro atoms. The Hall–Kier alpha value is -2.27. The van der Waals surface area contributed by atoms with Gasteiger partial charge in [0.2, 0.25) is 5.91 Å². The summed E-state index contributed by atoms with van der Waals surface area (Å²) in [5.41, 5.74) is 2.84. The summed E-state index contributed by atoms with van der Waals surface area (Å²) in [6.45, 7) is 2.09. The molecule has 0 heterocycles. The maximum atomic E-state index is 12.0. The van der Waals surface area contributed by atoms with Crippen LogP contribution in [0.5, 0.6) is 11.5 Å². The van der Waals surface area contributed by atoms with Crippen molar-refractivity contribution in [2.75, 3.05) is 19.5 Å². The predicted octanol–water partition coefficient (Wildman–Crippen LogP) is 4.68. The molecule has 0 unspecified atom stereocenters. The highest BCUT2D eigenvalue weighted by atomic mass is 79.9. The van der Waals surface area contributed by atoms with E-state index in [1.54, 1.807) is 20.3 Å². The van der Waals surface area contributed by atoms with Gasteiger partial charge in [0.15, 0.2) is 11.5 Å². The van der Waals surface area contributed by atoms with E-state index in [2.05, 4.69) is 28.2 Å². The molecule has 0 aromatic heterocycles. The average molecular weight is 390 g/mol. The number of halogens is 1. The van der Waals surface area contributed by atoms with Crippen LogP contribution in [0, 0.1) is 0 Å². The van der Waals surface area contributed by atoms with Crippen LogP contribution in [0.3, 0.4) is 0 Å². The molecule has 0 atom stereocenters. The SMILES string of the molecule is CCc1ccc(NC(=O)C=Cc2cc(Br)c(OC)c(OC)c2)cc1. The lowest BCUT2D eigenvalue weighted by Crippen LogP contribution is -2.07. The fraction of sp³-hybridized carbons (Fsp3) is 0.211. The van der Waals surface area contributed by atoms with E-state index >= 15 is 0 Å². The van der Waals surface area contributed by atoms with E-state index in [0.29, 0.717) is 11.5 Å². The van der Waals surface area contributed by atoms with Gasteiger partial charge in [0.25, 0.3) is 0 Å². The van der Waals surface area contributed by atoms with Crippen molar-refractivity contribution in [2.45, 2.75) is 13.3 Å². The van der Waals surface area contributed by atoms with Crippen LogP contribution in [-0.2, 0) is 11.2 Å². The zero-order chi connectivity index (χ0) is 17.5. The lowest BCUT2D eigenvalue weighted by molar-refractivity contribution is -0.111. The molecule has 2 aromatic rings. The standard InChI is InChI=1S/C19H20BrNO3/c1-4-13-5-8-15(9-6-13)21-18(22)10-7-14-11-16(20)19(24-3)17(12-14)23-2/h5-12H,4H2,1-3H3,(H,21,22). The highest BCUT2D eigenvalue weighted by Crippen LogP contribution is 2.36. The van der Waals surface area contributed by atoms with Crippen LogP contribution in [0.2, 0.25) is 0 Å². The second-order valence-electron chi connectivity index (χ2n) is 5.11. The van der Waals surface area contributed by atoms with Crippen molar-refractivity contribution in [2.24, 2.45) is 0 Å². The molecule has 126 valence electrons. The first-order chi connectivity index (χ1) is 11.6. The van der Waals surface area contributed by atoms with E-state index in [4.69, 9.17) is 9.47 Å². The number of benzene rings is 2. The summed E-state index contributed by atoms with van der Waals surface area (Å²) in [5, 5.41) is 2.84. The minimum atomic E-state index is -0.190. The molecule has 4 nitrogen and oxygen atoms in total. The minimum absolute atomic E-state index is 0.190. The summed E-state index contributed by atoms with van der Waals surface area (Å²) in [4.78, 5) is 12.0. The van der Waals surface area contributed by atoms with Crippen LogP contribution in [0.15, 0.2) is 46.9 Å². The zero-order valence-electron chi connectivity index (χ0n) is 13.9. The summed E-state index contributed by atoms with van der Waals surface area (Å²) in [7, 11) is 3.15. The molecule has 0 saturated carbocycles. The number of hydrogen-bond donors (Lipinski definition) is 1. The molecule has 0 aliphatic heterocycles. The Morgan fingerprint density at radius 3 is 2.46 bits per heavy atom. The molecular weight excluding hydrogens is 370 g/mol. The fourth-order valence-corrected chi connectivity index (χ4v) is 2.84. The van der Waals surface area contributed by atoms with Crippen LogP contribution in [0.25, 0.3) is 6.08 Å². The molecule has 0 fully saturated rings. The molecule has 2 rings (SSSR count). The number of methoxy groups -OCH3 is 2. The number of anilines is 1. The van der Waals surface area contributed by atoms with Gasteiger partial charge in [0.1, 0.15) is 0 Å². The Labute approximate surface area is 150 Å². The quantitative estimate of drug-likeness (QED) is 0.729. The van der Waals surface area contributed by atoms with Gasteiger partial charge >= 0.3 is 0 Å². The van der Waals surface area contributed by atoms with E-state index in [0.717, 1.165) is 22.1 Å². The van der Waals surface area contributed by atoms with E-state index in [1.165, 1.54) is 11.6 Å². The molecule has 0 aliphatic rings. The average Bonchev–Trinajstić information content (AvgIpc) is 2.60. The number of ether oxygens (including phenoxy) is 2. The van der Waals surface area contributed by atoms with Crippen LogP contribution in [0.1, 0.15) is 18.1 Å². The van der Waals surface area contributed by atoms with Gasteiger partial charge in [-0.15, -0.1) is 0 Å². The van der Waals surface area contributed by atoms with Gasteiger partial charge in [-0.2, -0.15) is 0 Å². The summed E-state index contributed by atoms with van der Waals surface area (Å²) in [6.07, 6.45) is 4.19. The number of nitrogens with one attached hydrogen (secondary N) is 1. The monoisotopic (exact) mass is 389 g/mol. The third kappa shape index (κ3) is 4.61. The molecule has 1 amide bonds. The summed E-state index contributed by atoms with van der Waals surface area (Å²) in [6, 6.07) is 11.5. The van der Waals surface area contributed by atoms with Gasteiger partial charge in [-0.05, 0) is 63.8 Å². The number of rotatable bonds is 6. The Kier molecular flexibility index (Phi) is 6.44. The number of hydrogen-bond acceptors (Lipinski definition) is 3. The Balaban J connectivity index is 2.09. The van der Waals surface area contributed by atoms with Crippen molar-refractivity contribution < 1.29 is 14.3 Å². The normalized spacial score (nSPS) is 10.7. The van der Waals surface area contributed by atoms with Crippen molar-refractivity contribution in [1.82, 2.24) is 0 Å². The molecule has 0 aliphatic carbocycles. The van der Waals surface area contributed by atoms with Crippen molar-refractivity contribution in [3.8, 4) is 11.5 Å². The Bertz CT molecular complexity index is 739. The minimum Gasteiger partial charge on any atom is -0.493 e. The molecule has 1 N–H and O–H groups in total. The molecule has 5 heteroatoms. The van der Waals surface area contributed by atoms with Gasteiger partial charge in [-0.1, -0.05) is 19.1 Å². The highest BCUT2D eigenvalue weighted by molar-refractivity contribution is 9.10. The van der Waals surface area contributed by atoms with E-state index in [-0.39, 0.29) is 5.91 Å². The van der Waals surface area contributed by atoms with Gasteiger partial charge in [0.05, 0.1) is 18.7 Å². The number of carbonyl (C=O) groups excluding carboxylic acids is 1. The molecule has 0 bridgehead atoms. The summed E-state index contributed by atoms with van der Waals surface area (Å²) >= 11 is 3.43. The third-order valence-corrected chi connectivity index (χ3v) is 4.10. The smallest absolute Gasteiger partial charge is 0.248 e. The van der Waals surface area contributed by atoms with Crippen molar-refractivity contribution in [3.05, 3.63) is 58.1 Å². The molecule has 24 heavy (non-hydrogen) atoms. The topological polar surface area (TPSA) is 47.6 Å². The highest BCUT2D eigenvalue weighted by Gasteiger charge is 2.09. The maximum absolute atomic E-state index is 12.0. The zero-order valence-corrected chi connectivity index (χ0v) is 15.5. The van der Waals surface area contributed by atoms with Crippen LogP contribution >= 0.6 is 15.9 Å². The second kappa shape index (κ2) is 8.55. The Morgan fingerprint density at radius 1 is 1.17 bits per heavy atom. The number of amides is 1. The van der Waals surface area contributed by atoms with Crippen LogP contribution in [-0.4, -0.2) is 20.1 Å². The first kappa shape index (κ1) is 18.1. The maximum Gasteiger partial charge on any atom is 0.248 e. The number of aryl methyl sites for hydroxylation is 1. The van der Waals surface area contributed by atoms with Crippen LogP contribution < -0.4 is 14.8 Å². The van der Waals surface area contributed by atoms with Crippen molar-refractivity contribution in [1.29, 1.82) is 0 Å². The van der Waals surface area contributed by atoms with Crippen molar-refractivity contribution in [3.63, 3.8) is 0 Å². The van der Waals surface area contributed by atoms with Gasteiger partial charge in [-0.25, -0.2) is 0 Å². The van der Waals surface area contributed by atoms with Gasteiger partial charge < -0.3 is 14.8 Å². The molecule has 2 aromatic carbocycles. The number of carbonyl (C=O) groups is 1. The van der Waals surface area contributed by atoms with Crippen molar-refractivity contribution >= 4 is 33.6 Å². The lowest BCUT2D eigenvalue weighted by atomic mass is 10.1. The van der Waals surface area contributed by atoms with Crippen LogP contribution in [0.4, 0.5) is 5.69 Å². The fourth-order valence-electron chi connectivity index (χ4n) is 2.21. The van der Waals surface area contributed by atoms with E-state index in [1.807, 2.05) is 36.4 Å². The molecule has 0 saturated heterocycles. The largest absolute Gasteiger partial charge is 0.493 e.